The number of amides is 1. The van der Waals surface area contributed by atoms with Gasteiger partial charge in [0.1, 0.15) is 5.75 Å². The zero-order chi connectivity index (χ0) is 13.9. The van der Waals surface area contributed by atoms with Crippen molar-refractivity contribution in [3.05, 3.63) is 48.0 Å². The molecule has 0 saturated carbocycles. The molecule has 0 saturated heterocycles. The molecule has 0 aromatic heterocycles. The average Bonchev–Trinajstić information content (AvgIpc) is 2.86. The molecule has 5 nitrogen and oxygen atoms in total. The maximum Gasteiger partial charge on any atom is 0.231 e. The van der Waals surface area contributed by atoms with E-state index in [1.54, 1.807) is 42.5 Å². The van der Waals surface area contributed by atoms with Crippen molar-refractivity contribution in [1.82, 2.24) is 0 Å². The molecular formula is C15H13NO4. The fourth-order valence-electron chi connectivity index (χ4n) is 2.03. The Balaban J connectivity index is 1.67. The molecular weight excluding hydrogens is 258 g/mol. The van der Waals surface area contributed by atoms with Gasteiger partial charge in [0.25, 0.3) is 0 Å². The number of carbonyl (C=O) groups is 1. The van der Waals surface area contributed by atoms with E-state index in [-0.39, 0.29) is 24.9 Å². The zero-order valence-electron chi connectivity index (χ0n) is 10.6. The van der Waals surface area contributed by atoms with Crippen LogP contribution in [0.15, 0.2) is 42.5 Å². The summed E-state index contributed by atoms with van der Waals surface area (Å²) < 4.78 is 10.5. The van der Waals surface area contributed by atoms with Gasteiger partial charge in [-0.15, -0.1) is 0 Å². The minimum atomic E-state index is -0.158. The van der Waals surface area contributed by atoms with Gasteiger partial charge in [0.05, 0.1) is 6.42 Å². The second-order valence-corrected chi connectivity index (χ2v) is 4.46. The van der Waals surface area contributed by atoms with Crippen LogP contribution >= 0.6 is 0 Å². The Morgan fingerprint density at radius 3 is 2.85 bits per heavy atom. The molecule has 0 spiro atoms. The third-order valence-electron chi connectivity index (χ3n) is 2.93. The SMILES string of the molecule is O=C(Cc1cccc(O)c1)Nc1ccc2c(c1)OCO2. The van der Waals surface area contributed by atoms with Crippen LogP contribution in [-0.2, 0) is 11.2 Å². The third kappa shape index (κ3) is 2.66. The first kappa shape index (κ1) is 12.3. The highest BCUT2D eigenvalue weighted by molar-refractivity contribution is 5.92. The molecule has 1 aliphatic rings. The molecule has 2 aromatic rings. The molecule has 0 fully saturated rings. The first-order valence-electron chi connectivity index (χ1n) is 6.18. The molecule has 1 heterocycles. The van der Waals surface area contributed by atoms with E-state index in [4.69, 9.17) is 9.47 Å². The highest BCUT2D eigenvalue weighted by atomic mass is 16.7. The average molecular weight is 271 g/mol. The Kier molecular flexibility index (Phi) is 3.16. The molecule has 5 heteroatoms. The molecule has 0 atom stereocenters. The molecule has 20 heavy (non-hydrogen) atoms. The van der Waals surface area contributed by atoms with E-state index >= 15 is 0 Å². The topological polar surface area (TPSA) is 67.8 Å². The molecule has 1 amide bonds. The Morgan fingerprint density at radius 1 is 1.15 bits per heavy atom. The zero-order valence-corrected chi connectivity index (χ0v) is 10.6. The second-order valence-electron chi connectivity index (χ2n) is 4.46. The second kappa shape index (κ2) is 5.13. The van der Waals surface area contributed by atoms with Gasteiger partial charge in [0.2, 0.25) is 12.7 Å². The number of ether oxygens (including phenoxy) is 2. The van der Waals surface area contributed by atoms with E-state index in [1.807, 2.05) is 0 Å². The summed E-state index contributed by atoms with van der Waals surface area (Å²) in [5, 5.41) is 12.1. The lowest BCUT2D eigenvalue weighted by atomic mass is 10.1. The number of fused-ring (bicyclic) bond motifs is 1. The predicted molar refractivity (Wildman–Crippen MR) is 73.0 cm³/mol. The lowest BCUT2D eigenvalue weighted by molar-refractivity contribution is -0.115. The van der Waals surface area contributed by atoms with E-state index in [0.29, 0.717) is 17.2 Å². The summed E-state index contributed by atoms with van der Waals surface area (Å²) in [6.45, 7) is 0.204. The van der Waals surface area contributed by atoms with Gasteiger partial charge in [-0.2, -0.15) is 0 Å². The number of hydrogen-bond acceptors (Lipinski definition) is 4. The molecule has 3 rings (SSSR count). The minimum Gasteiger partial charge on any atom is -0.508 e. The summed E-state index contributed by atoms with van der Waals surface area (Å²) in [5.74, 6) is 1.30. The van der Waals surface area contributed by atoms with Crippen molar-refractivity contribution in [1.29, 1.82) is 0 Å². The molecule has 2 N–H and O–H groups in total. The van der Waals surface area contributed by atoms with Gasteiger partial charge in [0, 0.05) is 11.8 Å². The van der Waals surface area contributed by atoms with Crippen molar-refractivity contribution in [2.75, 3.05) is 12.1 Å². The van der Waals surface area contributed by atoms with E-state index in [1.165, 1.54) is 0 Å². The summed E-state index contributed by atoms with van der Waals surface area (Å²) in [6, 6.07) is 11.9. The number of anilines is 1. The molecule has 0 unspecified atom stereocenters. The third-order valence-corrected chi connectivity index (χ3v) is 2.93. The number of rotatable bonds is 3. The van der Waals surface area contributed by atoms with Gasteiger partial charge in [-0.25, -0.2) is 0 Å². The highest BCUT2D eigenvalue weighted by Crippen LogP contribution is 2.34. The van der Waals surface area contributed by atoms with Crippen molar-refractivity contribution < 1.29 is 19.4 Å². The number of nitrogens with one attached hydrogen (secondary N) is 1. The van der Waals surface area contributed by atoms with E-state index in [0.717, 1.165) is 5.56 Å². The van der Waals surface area contributed by atoms with Crippen molar-refractivity contribution in [3.8, 4) is 17.2 Å². The van der Waals surface area contributed by atoms with Gasteiger partial charge < -0.3 is 19.9 Å². The summed E-state index contributed by atoms with van der Waals surface area (Å²) in [5.41, 5.74) is 1.41. The minimum absolute atomic E-state index is 0.151. The van der Waals surface area contributed by atoms with Gasteiger partial charge in [-0.05, 0) is 29.8 Å². The standard InChI is InChI=1S/C15H13NO4/c17-12-3-1-2-10(6-12)7-15(18)16-11-4-5-13-14(8-11)20-9-19-13/h1-6,8,17H,7,9H2,(H,16,18). The largest absolute Gasteiger partial charge is 0.508 e. The van der Waals surface area contributed by atoms with Crippen molar-refractivity contribution in [3.63, 3.8) is 0 Å². The Hall–Kier alpha value is -2.69. The smallest absolute Gasteiger partial charge is 0.231 e. The number of hydrogen-bond donors (Lipinski definition) is 2. The summed E-state index contributed by atoms with van der Waals surface area (Å²) in [7, 11) is 0. The van der Waals surface area contributed by atoms with Crippen molar-refractivity contribution >= 4 is 11.6 Å². The molecule has 0 aliphatic carbocycles. The fourth-order valence-corrected chi connectivity index (χ4v) is 2.03. The van der Waals surface area contributed by atoms with Crippen molar-refractivity contribution in [2.24, 2.45) is 0 Å². The summed E-state index contributed by atoms with van der Waals surface area (Å²) in [6.07, 6.45) is 0.197. The van der Waals surface area contributed by atoms with E-state index in [2.05, 4.69) is 5.32 Å². The Bertz CT molecular complexity index is 654. The first-order valence-corrected chi connectivity index (χ1v) is 6.18. The van der Waals surface area contributed by atoms with Crippen LogP contribution in [0.5, 0.6) is 17.2 Å². The van der Waals surface area contributed by atoms with E-state index < -0.39 is 0 Å². The molecule has 0 radical (unpaired) electrons. The van der Waals surface area contributed by atoms with Gasteiger partial charge in [-0.3, -0.25) is 4.79 Å². The lowest BCUT2D eigenvalue weighted by Crippen LogP contribution is -2.14. The number of phenols is 1. The summed E-state index contributed by atoms with van der Waals surface area (Å²) in [4.78, 5) is 11.9. The number of phenolic OH excluding ortho intramolecular Hbond substituents is 1. The van der Waals surface area contributed by atoms with Crippen LogP contribution in [0.25, 0.3) is 0 Å². The summed E-state index contributed by atoms with van der Waals surface area (Å²) >= 11 is 0. The van der Waals surface area contributed by atoms with Crippen LogP contribution < -0.4 is 14.8 Å². The van der Waals surface area contributed by atoms with Gasteiger partial charge in [-0.1, -0.05) is 12.1 Å². The van der Waals surface area contributed by atoms with Crippen molar-refractivity contribution in [2.45, 2.75) is 6.42 Å². The maximum atomic E-state index is 11.9. The quantitative estimate of drug-likeness (QED) is 0.898. The van der Waals surface area contributed by atoms with Crippen LogP contribution in [0, 0.1) is 0 Å². The van der Waals surface area contributed by atoms with Crippen LogP contribution in [0.1, 0.15) is 5.56 Å². The van der Waals surface area contributed by atoms with Crippen LogP contribution in [0.3, 0.4) is 0 Å². The number of benzene rings is 2. The fraction of sp³-hybridized carbons (Fsp3) is 0.133. The number of aromatic hydroxyl groups is 1. The van der Waals surface area contributed by atoms with Crippen LogP contribution in [0.4, 0.5) is 5.69 Å². The predicted octanol–water partition coefficient (Wildman–Crippen LogP) is 2.30. The highest BCUT2D eigenvalue weighted by Gasteiger charge is 2.14. The van der Waals surface area contributed by atoms with Gasteiger partial charge in [0.15, 0.2) is 11.5 Å². The Labute approximate surface area is 115 Å². The molecule has 0 bridgehead atoms. The lowest BCUT2D eigenvalue weighted by Gasteiger charge is -2.06. The van der Waals surface area contributed by atoms with E-state index in [9.17, 15) is 9.90 Å². The Morgan fingerprint density at radius 2 is 2.00 bits per heavy atom. The maximum absolute atomic E-state index is 11.9. The van der Waals surface area contributed by atoms with Crippen LogP contribution in [0.2, 0.25) is 0 Å². The normalized spacial score (nSPS) is 12.2. The molecule has 102 valence electrons. The molecule has 1 aliphatic heterocycles. The van der Waals surface area contributed by atoms with Crippen LogP contribution in [-0.4, -0.2) is 17.8 Å². The number of carbonyl (C=O) groups excluding carboxylic acids is 1. The first-order chi connectivity index (χ1) is 9.70. The van der Waals surface area contributed by atoms with Gasteiger partial charge >= 0.3 is 0 Å². The molecule has 2 aromatic carbocycles. The monoisotopic (exact) mass is 271 g/mol.